The fraction of sp³-hybridized carbons (Fsp3) is 0.947. The van der Waals surface area contributed by atoms with Gasteiger partial charge < -0.3 is 44.6 Å². The molecule has 0 aromatic carbocycles. The van der Waals surface area contributed by atoms with Crippen molar-refractivity contribution in [3.63, 3.8) is 0 Å². The number of ether oxygens (including phenoxy) is 3. The van der Waals surface area contributed by atoms with Crippen molar-refractivity contribution in [2.75, 3.05) is 40.6 Å². The average molecular weight is 426 g/mol. The number of aliphatic hydroxyl groups is 5. The van der Waals surface area contributed by atoms with Gasteiger partial charge in [-0.2, -0.15) is 0 Å². The lowest BCUT2D eigenvalue weighted by Gasteiger charge is -2.31. The molecule has 0 spiro atoms. The normalized spacial score (nSPS) is 29.9. The highest BCUT2D eigenvalue weighted by Crippen LogP contribution is 2.34. The Morgan fingerprint density at radius 3 is 2.14 bits per heavy atom. The van der Waals surface area contributed by atoms with Crippen LogP contribution in [0.3, 0.4) is 0 Å². The number of rotatable bonds is 12. The first-order valence-electron chi connectivity index (χ1n) is 9.91. The molecule has 1 heterocycles. The van der Waals surface area contributed by atoms with Crippen molar-refractivity contribution in [1.82, 2.24) is 0 Å². The van der Waals surface area contributed by atoms with Gasteiger partial charge in [0.15, 0.2) is 5.79 Å². The number of hydrogen-bond acceptors (Lipinski definition) is 10. The van der Waals surface area contributed by atoms with Gasteiger partial charge in [0.1, 0.15) is 24.9 Å². The zero-order valence-electron chi connectivity index (χ0n) is 18.2. The molecule has 10 nitrogen and oxygen atoms in total. The highest BCUT2D eigenvalue weighted by atomic mass is 16.7. The fourth-order valence-electron chi connectivity index (χ4n) is 3.07. The molecule has 174 valence electrons. The van der Waals surface area contributed by atoms with Gasteiger partial charge in [0, 0.05) is 32.8 Å². The smallest absolute Gasteiger partial charge is 0.197 e. The summed E-state index contributed by atoms with van der Waals surface area (Å²) in [6.07, 6.45) is 0.197. The van der Waals surface area contributed by atoms with E-state index in [0.717, 1.165) is 0 Å². The van der Waals surface area contributed by atoms with Gasteiger partial charge in [0.25, 0.3) is 0 Å². The minimum Gasteiger partial charge on any atom is -0.396 e. The average Bonchev–Trinajstić information content (AvgIpc) is 3.02. The summed E-state index contributed by atoms with van der Waals surface area (Å²) in [4.78, 5) is 4.84. The summed E-state index contributed by atoms with van der Waals surface area (Å²) in [5, 5.41) is 50.1. The van der Waals surface area contributed by atoms with Crippen LogP contribution in [0.2, 0.25) is 0 Å². The van der Waals surface area contributed by atoms with E-state index in [2.05, 4.69) is 5.16 Å². The maximum Gasteiger partial charge on any atom is 0.197 e. The number of hydrogen-bond donors (Lipinski definition) is 5. The lowest BCUT2D eigenvalue weighted by molar-refractivity contribution is -0.248. The van der Waals surface area contributed by atoms with Crippen LogP contribution >= 0.6 is 0 Å². The number of methoxy groups -OCH3 is 2. The summed E-state index contributed by atoms with van der Waals surface area (Å²) < 4.78 is 15.6. The Morgan fingerprint density at radius 1 is 1.17 bits per heavy atom. The van der Waals surface area contributed by atoms with E-state index in [1.165, 1.54) is 7.11 Å². The predicted molar refractivity (Wildman–Crippen MR) is 106 cm³/mol. The Morgan fingerprint density at radius 2 is 1.83 bits per heavy atom. The van der Waals surface area contributed by atoms with Crippen LogP contribution in [0, 0.1) is 5.92 Å². The van der Waals surface area contributed by atoms with Crippen molar-refractivity contribution in [2.24, 2.45) is 11.1 Å². The van der Waals surface area contributed by atoms with Gasteiger partial charge in [0.05, 0.1) is 25.4 Å². The molecular formula is C19H39NO9. The molecule has 1 unspecified atom stereocenters. The summed E-state index contributed by atoms with van der Waals surface area (Å²) in [5.41, 5.74) is -0.606. The summed E-state index contributed by atoms with van der Waals surface area (Å²) in [7, 11) is 2.97. The molecule has 1 fully saturated rings. The van der Waals surface area contributed by atoms with E-state index in [0.29, 0.717) is 25.9 Å². The molecule has 1 aliphatic heterocycles. The minimum absolute atomic E-state index is 0.0400. The third-order valence-corrected chi connectivity index (χ3v) is 5.23. The first-order valence-corrected chi connectivity index (χ1v) is 9.91. The Bertz CT molecular complexity index is 433. The standard InChI is InChI=1S/C11H23NO4.C8H16O5/c1-4-11(9-14,15-3)6-10(8-13)7-12-16-5-2;1-3-8(12-2)7(11)6(10)5(4-9)13-8/h7,10,13-14H,4-6,8-9H2,1-3H3;5-7,9-11H,3-4H2,1-2H3/b12-7+;/t10?,11-;5-,6+,7+,8-/m11/s1. The number of oxime groups is 1. The molecule has 0 saturated carbocycles. The maximum absolute atomic E-state index is 9.60. The molecular weight excluding hydrogens is 386 g/mol. The molecule has 1 rings (SSSR count). The highest BCUT2D eigenvalue weighted by molar-refractivity contribution is 5.60. The molecule has 10 heteroatoms. The van der Waals surface area contributed by atoms with Gasteiger partial charge >= 0.3 is 0 Å². The summed E-state index contributed by atoms with van der Waals surface area (Å²) in [6.45, 7) is 5.61. The largest absolute Gasteiger partial charge is 0.396 e. The lowest BCUT2D eigenvalue weighted by Crippen LogP contribution is -2.44. The summed E-state index contributed by atoms with van der Waals surface area (Å²) >= 11 is 0. The molecule has 0 aliphatic carbocycles. The predicted octanol–water partition coefficient (Wildman–Crippen LogP) is -0.353. The summed E-state index contributed by atoms with van der Waals surface area (Å²) in [6, 6.07) is 0. The second-order valence-electron chi connectivity index (χ2n) is 6.86. The van der Waals surface area contributed by atoms with Gasteiger partial charge in [-0.3, -0.25) is 0 Å². The highest BCUT2D eigenvalue weighted by Gasteiger charge is 2.53. The summed E-state index contributed by atoms with van der Waals surface area (Å²) in [5.74, 6) is -1.34. The van der Waals surface area contributed by atoms with Gasteiger partial charge in [0.2, 0.25) is 0 Å². The first kappa shape index (κ1) is 28.1. The molecule has 0 bridgehead atoms. The topological polar surface area (TPSA) is 150 Å². The van der Waals surface area contributed by atoms with Gasteiger partial charge in [-0.15, -0.1) is 0 Å². The fourth-order valence-corrected chi connectivity index (χ4v) is 3.07. The van der Waals surface area contributed by atoms with E-state index in [1.807, 2.05) is 13.8 Å². The molecule has 0 aromatic rings. The lowest BCUT2D eigenvalue weighted by atomic mass is 9.89. The first-order chi connectivity index (χ1) is 13.8. The van der Waals surface area contributed by atoms with E-state index in [9.17, 15) is 20.4 Å². The molecule has 0 amide bonds. The van der Waals surface area contributed by atoms with Gasteiger partial charge in [-0.1, -0.05) is 19.0 Å². The van der Waals surface area contributed by atoms with Crippen LogP contribution in [-0.2, 0) is 19.0 Å². The van der Waals surface area contributed by atoms with Crippen LogP contribution in [0.1, 0.15) is 40.0 Å². The van der Waals surface area contributed by atoms with Crippen molar-refractivity contribution >= 4 is 6.21 Å². The third-order valence-electron chi connectivity index (χ3n) is 5.23. The van der Waals surface area contributed by atoms with E-state index in [1.54, 1.807) is 20.2 Å². The van der Waals surface area contributed by atoms with Crippen LogP contribution in [0.25, 0.3) is 0 Å². The SMILES string of the molecule is CCO/N=C/C(CO)C[C@](CC)(CO)OC.CC[C@@]1(OC)O[C@H](CO)[C@H](O)[C@@H]1O. The van der Waals surface area contributed by atoms with Crippen LogP contribution in [0.15, 0.2) is 5.16 Å². The Balaban J connectivity index is 0.000000551. The van der Waals surface area contributed by atoms with Crippen LogP contribution in [-0.4, -0.2) is 102 Å². The number of nitrogens with zero attached hydrogens (tertiary/aromatic N) is 1. The monoisotopic (exact) mass is 425 g/mol. The molecule has 6 atom stereocenters. The molecule has 29 heavy (non-hydrogen) atoms. The molecule has 0 aromatic heterocycles. The Kier molecular flexibility index (Phi) is 13.8. The second kappa shape index (κ2) is 14.2. The van der Waals surface area contributed by atoms with E-state index >= 15 is 0 Å². The molecule has 1 saturated heterocycles. The second-order valence-corrected chi connectivity index (χ2v) is 6.86. The van der Waals surface area contributed by atoms with Crippen molar-refractivity contribution in [3.05, 3.63) is 0 Å². The van der Waals surface area contributed by atoms with Gasteiger partial charge in [-0.25, -0.2) is 0 Å². The van der Waals surface area contributed by atoms with Crippen LogP contribution in [0.4, 0.5) is 0 Å². The van der Waals surface area contributed by atoms with Crippen molar-refractivity contribution < 1.29 is 44.6 Å². The molecule has 1 aliphatic rings. The van der Waals surface area contributed by atoms with E-state index in [-0.39, 0.29) is 25.7 Å². The van der Waals surface area contributed by atoms with Gasteiger partial charge in [-0.05, 0) is 19.8 Å². The quantitative estimate of drug-likeness (QED) is 0.209. The molecule has 5 N–H and O–H groups in total. The van der Waals surface area contributed by atoms with Crippen LogP contribution in [0.5, 0.6) is 0 Å². The van der Waals surface area contributed by atoms with Crippen molar-refractivity contribution in [1.29, 1.82) is 0 Å². The maximum atomic E-state index is 9.60. The zero-order chi connectivity index (χ0) is 22.5. The van der Waals surface area contributed by atoms with Crippen LogP contribution < -0.4 is 0 Å². The Hall–Kier alpha value is -0.850. The Labute approximate surface area is 173 Å². The van der Waals surface area contributed by atoms with Crippen molar-refractivity contribution in [2.45, 2.75) is 69.7 Å². The molecule has 0 radical (unpaired) electrons. The zero-order valence-corrected chi connectivity index (χ0v) is 18.2. The van der Waals surface area contributed by atoms with E-state index in [4.69, 9.17) is 24.2 Å². The number of aliphatic hydroxyl groups excluding tert-OH is 5. The third kappa shape index (κ3) is 7.72. The van der Waals surface area contributed by atoms with E-state index < -0.39 is 29.7 Å². The minimum atomic E-state index is -1.17. The van der Waals surface area contributed by atoms with Crippen molar-refractivity contribution in [3.8, 4) is 0 Å².